The fourth-order valence-electron chi connectivity index (χ4n) is 0.910. The summed E-state index contributed by atoms with van der Waals surface area (Å²) < 4.78 is 24.5. The molecule has 0 aliphatic carbocycles. The summed E-state index contributed by atoms with van der Waals surface area (Å²) in [7, 11) is 0. The maximum Gasteiger partial charge on any atom is 0.306 e. The van der Waals surface area contributed by atoms with Crippen molar-refractivity contribution in [1.82, 2.24) is 4.98 Å². The molecule has 0 amide bonds. The quantitative estimate of drug-likeness (QED) is 0.553. The van der Waals surface area contributed by atoms with Gasteiger partial charge in [-0.15, -0.1) is 0 Å². The topological polar surface area (TPSA) is 108 Å². The molecule has 0 aromatic carbocycles. The number of rotatable bonds is 2. The molecule has 0 aliphatic heterocycles. The Morgan fingerprint density at radius 3 is 2.50 bits per heavy atom. The van der Waals surface area contributed by atoms with E-state index in [1.165, 1.54) is 0 Å². The maximum atomic E-state index is 12.3. The average molecular weight is 204 g/mol. The van der Waals surface area contributed by atoms with Gasteiger partial charge >= 0.3 is 5.69 Å². The Morgan fingerprint density at radius 2 is 2.07 bits per heavy atom. The number of hydrogen-bond acceptors (Lipinski definition) is 5. The van der Waals surface area contributed by atoms with Crippen LogP contribution in [0.2, 0.25) is 0 Å². The van der Waals surface area contributed by atoms with Crippen LogP contribution < -0.4 is 11.5 Å². The van der Waals surface area contributed by atoms with Crippen LogP contribution in [0.5, 0.6) is 0 Å². The van der Waals surface area contributed by atoms with Crippen molar-refractivity contribution < 1.29 is 13.7 Å². The Labute approximate surface area is 76.7 Å². The molecule has 0 saturated heterocycles. The number of nitrogens with zero attached hydrogens (tertiary/aromatic N) is 2. The maximum absolute atomic E-state index is 12.3. The zero-order valence-corrected chi connectivity index (χ0v) is 6.78. The van der Waals surface area contributed by atoms with Gasteiger partial charge in [0.1, 0.15) is 5.56 Å². The first-order valence-corrected chi connectivity index (χ1v) is 3.41. The molecule has 0 atom stereocenters. The minimum Gasteiger partial charge on any atom is -0.390 e. The van der Waals surface area contributed by atoms with Crippen molar-refractivity contribution in [3.63, 3.8) is 0 Å². The highest BCUT2D eigenvalue weighted by Gasteiger charge is 2.26. The van der Waals surface area contributed by atoms with Crippen molar-refractivity contribution in [3.05, 3.63) is 21.9 Å². The van der Waals surface area contributed by atoms with E-state index in [-0.39, 0.29) is 5.82 Å². The fourth-order valence-corrected chi connectivity index (χ4v) is 0.910. The second kappa shape index (κ2) is 3.40. The molecule has 0 bridgehead atoms. The number of hydrogen-bond donors (Lipinski definition) is 2. The van der Waals surface area contributed by atoms with Gasteiger partial charge in [0.15, 0.2) is 11.5 Å². The van der Waals surface area contributed by atoms with E-state index in [1.807, 2.05) is 0 Å². The first-order chi connectivity index (χ1) is 6.45. The molecule has 0 fully saturated rings. The van der Waals surface area contributed by atoms with Gasteiger partial charge in [-0.3, -0.25) is 10.1 Å². The Bertz CT molecular complexity index is 382. The molecular weight excluding hydrogens is 198 g/mol. The molecule has 0 aliphatic rings. The number of nitrogen functional groups attached to an aromatic ring is 2. The Balaban J connectivity index is 3.45. The lowest BCUT2D eigenvalue weighted by molar-refractivity contribution is -0.385. The summed E-state index contributed by atoms with van der Waals surface area (Å²) in [5.74, 6) is -0.332. The van der Waals surface area contributed by atoms with Crippen molar-refractivity contribution in [2.45, 2.75) is 6.43 Å². The first kappa shape index (κ1) is 10.1. The Hall–Kier alpha value is -1.99. The predicted octanol–water partition coefficient (Wildman–Crippen LogP) is 1.09. The normalized spacial score (nSPS) is 10.5. The Kier molecular flexibility index (Phi) is 2.45. The predicted molar refractivity (Wildman–Crippen MR) is 44.7 cm³/mol. The molecule has 1 aromatic rings. The molecule has 4 N–H and O–H groups in total. The van der Waals surface area contributed by atoms with E-state index in [9.17, 15) is 18.9 Å². The molecule has 0 spiro atoms. The summed E-state index contributed by atoms with van der Waals surface area (Å²) in [5, 5.41) is 10.4. The van der Waals surface area contributed by atoms with Gasteiger partial charge in [-0.2, -0.15) is 0 Å². The third kappa shape index (κ3) is 1.53. The minimum atomic E-state index is -3.01. The molecule has 1 aromatic heterocycles. The third-order valence-electron chi connectivity index (χ3n) is 1.56. The van der Waals surface area contributed by atoms with Crippen LogP contribution in [-0.2, 0) is 0 Å². The minimum absolute atomic E-state index is 0.332. The van der Waals surface area contributed by atoms with E-state index >= 15 is 0 Å². The number of pyridine rings is 1. The second-order valence-corrected chi connectivity index (χ2v) is 2.42. The first-order valence-electron chi connectivity index (χ1n) is 3.41. The SMILES string of the molecule is Nc1ncc(C(F)F)c([N+](=O)[O-])c1N. The van der Waals surface area contributed by atoms with Gasteiger partial charge in [0.2, 0.25) is 0 Å². The van der Waals surface area contributed by atoms with Gasteiger partial charge in [0.25, 0.3) is 6.43 Å². The number of nitrogens with two attached hydrogens (primary N) is 2. The molecule has 76 valence electrons. The summed E-state index contributed by atoms with van der Waals surface area (Å²) in [4.78, 5) is 12.7. The largest absolute Gasteiger partial charge is 0.390 e. The van der Waals surface area contributed by atoms with Crippen molar-refractivity contribution >= 4 is 17.2 Å². The van der Waals surface area contributed by atoms with Gasteiger partial charge in [-0.1, -0.05) is 0 Å². The molecule has 0 unspecified atom stereocenters. The van der Waals surface area contributed by atoms with E-state index < -0.39 is 28.3 Å². The van der Waals surface area contributed by atoms with Crippen LogP contribution in [0.25, 0.3) is 0 Å². The molecule has 1 rings (SSSR count). The number of alkyl halides is 2. The van der Waals surface area contributed by atoms with Gasteiger partial charge < -0.3 is 11.5 Å². The van der Waals surface area contributed by atoms with Crippen LogP contribution >= 0.6 is 0 Å². The highest BCUT2D eigenvalue weighted by Crippen LogP contribution is 2.35. The number of halogens is 2. The number of anilines is 2. The average Bonchev–Trinajstić information content (AvgIpc) is 2.08. The highest BCUT2D eigenvalue weighted by atomic mass is 19.3. The van der Waals surface area contributed by atoms with Gasteiger partial charge in [-0.05, 0) is 0 Å². The van der Waals surface area contributed by atoms with E-state index in [1.54, 1.807) is 0 Å². The summed E-state index contributed by atoms with van der Waals surface area (Å²) in [6, 6.07) is 0. The zero-order chi connectivity index (χ0) is 10.9. The van der Waals surface area contributed by atoms with E-state index in [2.05, 4.69) is 4.98 Å². The van der Waals surface area contributed by atoms with E-state index in [4.69, 9.17) is 11.5 Å². The van der Waals surface area contributed by atoms with Crippen molar-refractivity contribution in [3.8, 4) is 0 Å². The molecule has 0 saturated carbocycles. The number of aromatic nitrogens is 1. The smallest absolute Gasteiger partial charge is 0.306 e. The summed E-state index contributed by atoms with van der Waals surface area (Å²) in [6.45, 7) is 0. The van der Waals surface area contributed by atoms with Crippen LogP contribution in [-0.4, -0.2) is 9.91 Å². The molecule has 6 nitrogen and oxygen atoms in total. The van der Waals surface area contributed by atoms with Crippen molar-refractivity contribution in [2.75, 3.05) is 11.5 Å². The van der Waals surface area contributed by atoms with Gasteiger partial charge in [0.05, 0.1) is 4.92 Å². The van der Waals surface area contributed by atoms with Crippen molar-refractivity contribution in [2.24, 2.45) is 0 Å². The monoisotopic (exact) mass is 204 g/mol. The molecule has 14 heavy (non-hydrogen) atoms. The highest BCUT2D eigenvalue weighted by molar-refractivity contribution is 5.73. The lowest BCUT2D eigenvalue weighted by atomic mass is 10.2. The number of nitro groups is 1. The summed E-state index contributed by atoms with van der Waals surface area (Å²) in [5.41, 5.74) is 8.05. The van der Waals surface area contributed by atoms with E-state index in [0.29, 0.717) is 6.20 Å². The standard InChI is InChI=1S/C6H6F2N4O2/c7-5(8)2-1-11-6(10)3(9)4(2)12(13)14/h1,5H,9H2,(H2,10,11). The van der Waals surface area contributed by atoms with Crippen molar-refractivity contribution in [1.29, 1.82) is 0 Å². The fraction of sp³-hybridized carbons (Fsp3) is 0.167. The van der Waals surface area contributed by atoms with Gasteiger partial charge in [0, 0.05) is 6.20 Å². The zero-order valence-electron chi connectivity index (χ0n) is 6.78. The van der Waals surface area contributed by atoms with Crippen LogP contribution in [0.4, 0.5) is 26.0 Å². The lowest BCUT2D eigenvalue weighted by Crippen LogP contribution is -2.06. The molecule has 0 radical (unpaired) electrons. The summed E-state index contributed by atoms with van der Waals surface area (Å²) >= 11 is 0. The Morgan fingerprint density at radius 1 is 1.50 bits per heavy atom. The summed E-state index contributed by atoms with van der Waals surface area (Å²) in [6.07, 6.45) is -2.36. The second-order valence-electron chi connectivity index (χ2n) is 2.42. The van der Waals surface area contributed by atoms with Crippen LogP contribution in [0.3, 0.4) is 0 Å². The van der Waals surface area contributed by atoms with Crippen LogP contribution in [0, 0.1) is 10.1 Å². The molecular formula is C6H6F2N4O2. The molecule has 1 heterocycles. The van der Waals surface area contributed by atoms with Crippen LogP contribution in [0.1, 0.15) is 12.0 Å². The van der Waals surface area contributed by atoms with Crippen LogP contribution in [0.15, 0.2) is 6.20 Å². The van der Waals surface area contributed by atoms with Gasteiger partial charge in [-0.25, -0.2) is 13.8 Å². The molecule has 8 heteroatoms. The third-order valence-corrected chi connectivity index (χ3v) is 1.56. The lowest BCUT2D eigenvalue weighted by Gasteiger charge is -2.04. The van der Waals surface area contributed by atoms with E-state index in [0.717, 1.165) is 0 Å².